The van der Waals surface area contributed by atoms with E-state index in [2.05, 4.69) is 0 Å². The first kappa shape index (κ1) is 11.3. The van der Waals surface area contributed by atoms with Gasteiger partial charge < -0.3 is 15.2 Å². The van der Waals surface area contributed by atoms with E-state index in [0.717, 1.165) is 0 Å². The maximum absolute atomic E-state index is 8.77. The quantitative estimate of drug-likeness (QED) is 0.759. The Balaban J connectivity index is 2.82. The second-order valence-corrected chi connectivity index (χ2v) is 3.21. The van der Waals surface area contributed by atoms with Crippen molar-refractivity contribution in [2.24, 2.45) is 0 Å². The number of ether oxygens (including phenoxy) is 2. The molecule has 4 nitrogen and oxygen atoms in total. The van der Waals surface area contributed by atoms with Gasteiger partial charge in [-0.15, -0.1) is 0 Å². The maximum atomic E-state index is 8.77. The normalized spacial score (nSPS) is 11.8. The summed E-state index contributed by atoms with van der Waals surface area (Å²) in [6, 6.07) is 7.14. The molecule has 1 aromatic carbocycles. The molecule has 1 aromatic rings. The van der Waals surface area contributed by atoms with E-state index >= 15 is 0 Å². The zero-order chi connectivity index (χ0) is 11.3. The molecule has 0 heterocycles. The molecule has 0 amide bonds. The SMILES string of the molecule is COCC(C)Oc1cccc(C#N)c1N. The van der Waals surface area contributed by atoms with Gasteiger partial charge in [0.25, 0.3) is 0 Å². The monoisotopic (exact) mass is 206 g/mol. The van der Waals surface area contributed by atoms with Crippen LogP contribution in [0.5, 0.6) is 5.75 Å². The summed E-state index contributed by atoms with van der Waals surface area (Å²) in [5.74, 6) is 0.526. The zero-order valence-corrected chi connectivity index (χ0v) is 8.86. The van der Waals surface area contributed by atoms with Gasteiger partial charge in [-0.25, -0.2) is 0 Å². The van der Waals surface area contributed by atoms with E-state index in [-0.39, 0.29) is 6.10 Å². The number of hydrogen-bond acceptors (Lipinski definition) is 4. The van der Waals surface area contributed by atoms with E-state index in [1.807, 2.05) is 13.0 Å². The number of para-hydroxylation sites is 1. The largest absolute Gasteiger partial charge is 0.486 e. The van der Waals surface area contributed by atoms with E-state index in [0.29, 0.717) is 23.6 Å². The Bertz CT molecular complexity index is 371. The van der Waals surface area contributed by atoms with Gasteiger partial charge in [0.15, 0.2) is 0 Å². The summed E-state index contributed by atoms with van der Waals surface area (Å²) in [6.07, 6.45) is -0.0914. The average Bonchev–Trinajstić information content (AvgIpc) is 2.21. The number of benzene rings is 1. The smallest absolute Gasteiger partial charge is 0.144 e. The number of nitrogens with zero attached hydrogens (tertiary/aromatic N) is 1. The van der Waals surface area contributed by atoms with Crippen LogP contribution < -0.4 is 10.5 Å². The third kappa shape index (κ3) is 2.86. The lowest BCUT2D eigenvalue weighted by Crippen LogP contribution is -2.18. The van der Waals surface area contributed by atoms with Crippen LogP contribution in [0.2, 0.25) is 0 Å². The van der Waals surface area contributed by atoms with Crippen molar-refractivity contribution < 1.29 is 9.47 Å². The van der Waals surface area contributed by atoms with Crippen LogP contribution in [0.4, 0.5) is 5.69 Å². The van der Waals surface area contributed by atoms with Crippen LogP contribution in [0.3, 0.4) is 0 Å². The van der Waals surface area contributed by atoms with Crippen molar-refractivity contribution in [3.05, 3.63) is 23.8 Å². The second-order valence-electron chi connectivity index (χ2n) is 3.21. The van der Waals surface area contributed by atoms with Gasteiger partial charge in [0.05, 0.1) is 17.9 Å². The first-order valence-corrected chi connectivity index (χ1v) is 4.63. The van der Waals surface area contributed by atoms with Crippen LogP contribution in [0.15, 0.2) is 18.2 Å². The lowest BCUT2D eigenvalue weighted by atomic mass is 10.2. The van der Waals surface area contributed by atoms with E-state index in [1.165, 1.54) is 0 Å². The van der Waals surface area contributed by atoms with Gasteiger partial charge in [0.1, 0.15) is 17.9 Å². The Morgan fingerprint density at radius 2 is 2.27 bits per heavy atom. The molecule has 0 fully saturated rings. The Hall–Kier alpha value is -1.73. The maximum Gasteiger partial charge on any atom is 0.144 e. The summed E-state index contributed by atoms with van der Waals surface area (Å²) in [7, 11) is 1.61. The predicted octanol–water partition coefficient (Wildman–Crippen LogP) is 1.55. The second kappa shape index (κ2) is 5.23. The lowest BCUT2D eigenvalue weighted by Gasteiger charge is -2.15. The Kier molecular flexibility index (Phi) is 3.95. The zero-order valence-electron chi connectivity index (χ0n) is 8.86. The third-order valence-electron chi connectivity index (χ3n) is 1.92. The lowest BCUT2D eigenvalue weighted by molar-refractivity contribution is 0.0926. The molecule has 1 unspecified atom stereocenters. The van der Waals surface area contributed by atoms with Crippen molar-refractivity contribution in [2.45, 2.75) is 13.0 Å². The Morgan fingerprint density at radius 3 is 2.87 bits per heavy atom. The van der Waals surface area contributed by atoms with Crippen LogP contribution in [0.25, 0.3) is 0 Å². The van der Waals surface area contributed by atoms with E-state index in [1.54, 1.807) is 25.3 Å². The van der Waals surface area contributed by atoms with Gasteiger partial charge in [-0.1, -0.05) is 6.07 Å². The van der Waals surface area contributed by atoms with Crippen molar-refractivity contribution in [1.82, 2.24) is 0 Å². The summed E-state index contributed by atoms with van der Waals surface area (Å²) in [6.45, 7) is 2.36. The molecule has 0 radical (unpaired) electrons. The molecule has 0 saturated carbocycles. The van der Waals surface area contributed by atoms with Gasteiger partial charge >= 0.3 is 0 Å². The van der Waals surface area contributed by atoms with Crippen LogP contribution in [-0.4, -0.2) is 19.8 Å². The van der Waals surface area contributed by atoms with Crippen LogP contribution in [0, 0.1) is 11.3 Å². The molecule has 0 aliphatic rings. The van der Waals surface area contributed by atoms with Crippen LogP contribution in [-0.2, 0) is 4.74 Å². The standard InChI is InChI=1S/C11H14N2O2/c1-8(7-14-2)15-10-5-3-4-9(6-12)11(10)13/h3-5,8H,7,13H2,1-2H3. The summed E-state index contributed by atoms with van der Waals surface area (Å²) in [5.41, 5.74) is 6.56. The molecule has 1 rings (SSSR count). The van der Waals surface area contributed by atoms with Crippen LogP contribution in [0.1, 0.15) is 12.5 Å². The number of nitriles is 1. The number of rotatable bonds is 4. The highest BCUT2D eigenvalue weighted by atomic mass is 16.5. The number of methoxy groups -OCH3 is 1. The van der Waals surface area contributed by atoms with Gasteiger partial charge in [-0.05, 0) is 19.1 Å². The average molecular weight is 206 g/mol. The predicted molar refractivity (Wildman–Crippen MR) is 57.5 cm³/mol. The Morgan fingerprint density at radius 1 is 1.53 bits per heavy atom. The Labute approximate surface area is 89.2 Å². The van der Waals surface area contributed by atoms with Crippen molar-refractivity contribution in [3.63, 3.8) is 0 Å². The minimum Gasteiger partial charge on any atom is -0.486 e. The first-order valence-electron chi connectivity index (χ1n) is 4.63. The molecular formula is C11H14N2O2. The highest BCUT2D eigenvalue weighted by molar-refractivity contribution is 5.63. The minimum atomic E-state index is -0.0914. The number of nitrogen functional groups attached to an aromatic ring is 1. The van der Waals surface area contributed by atoms with Gasteiger partial charge in [0.2, 0.25) is 0 Å². The summed E-state index contributed by atoms with van der Waals surface area (Å²) in [5, 5.41) is 8.77. The minimum absolute atomic E-state index is 0.0914. The third-order valence-corrected chi connectivity index (χ3v) is 1.92. The highest BCUT2D eigenvalue weighted by Gasteiger charge is 2.08. The highest BCUT2D eigenvalue weighted by Crippen LogP contribution is 2.25. The summed E-state index contributed by atoms with van der Waals surface area (Å²) < 4.78 is 10.5. The van der Waals surface area contributed by atoms with E-state index in [9.17, 15) is 0 Å². The molecule has 1 atom stereocenters. The fourth-order valence-corrected chi connectivity index (χ4v) is 1.23. The molecular weight excluding hydrogens is 192 g/mol. The fraction of sp³-hybridized carbons (Fsp3) is 0.364. The molecule has 4 heteroatoms. The van der Waals surface area contributed by atoms with E-state index in [4.69, 9.17) is 20.5 Å². The molecule has 0 spiro atoms. The number of hydrogen-bond donors (Lipinski definition) is 1. The van der Waals surface area contributed by atoms with Gasteiger partial charge in [-0.2, -0.15) is 5.26 Å². The van der Waals surface area contributed by atoms with Crippen LogP contribution >= 0.6 is 0 Å². The van der Waals surface area contributed by atoms with Gasteiger partial charge in [-0.3, -0.25) is 0 Å². The van der Waals surface area contributed by atoms with Crippen molar-refractivity contribution in [1.29, 1.82) is 5.26 Å². The molecule has 0 bridgehead atoms. The number of nitrogens with two attached hydrogens (primary N) is 1. The molecule has 0 saturated heterocycles. The van der Waals surface area contributed by atoms with Gasteiger partial charge in [0, 0.05) is 7.11 Å². The van der Waals surface area contributed by atoms with Crippen molar-refractivity contribution in [2.75, 3.05) is 19.5 Å². The van der Waals surface area contributed by atoms with Crippen molar-refractivity contribution >= 4 is 5.69 Å². The summed E-state index contributed by atoms with van der Waals surface area (Å²) in [4.78, 5) is 0. The molecule has 0 aromatic heterocycles. The molecule has 2 N–H and O–H groups in total. The molecule has 80 valence electrons. The first-order chi connectivity index (χ1) is 7.19. The fourth-order valence-electron chi connectivity index (χ4n) is 1.23. The van der Waals surface area contributed by atoms with E-state index < -0.39 is 0 Å². The molecule has 15 heavy (non-hydrogen) atoms. The van der Waals surface area contributed by atoms with Crippen molar-refractivity contribution in [3.8, 4) is 11.8 Å². The summed E-state index contributed by atoms with van der Waals surface area (Å²) >= 11 is 0. The number of anilines is 1. The molecule has 0 aliphatic heterocycles. The topological polar surface area (TPSA) is 68.3 Å². The molecule has 0 aliphatic carbocycles.